The Hall–Kier alpha value is -3.54. The Balaban J connectivity index is 1.66. The third-order valence-electron chi connectivity index (χ3n) is 4.74. The van der Waals surface area contributed by atoms with Gasteiger partial charge < -0.3 is 19.4 Å². The first-order valence-corrected chi connectivity index (χ1v) is 9.00. The normalized spacial score (nSPS) is 13.7. The van der Waals surface area contributed by atoms with Crippen LogP contribution in [0.4, 0.5) is 0 Å². The second kappa shape index (κ2) is 7.60. The maximum atomic E-state index is 13.0. The summed E-state index contributed by atoms with van der Waals surface area (Å²) in [5, 5.41) is 3.10. The van der Waals surface area contributed by atoms with E-state index in [1.807, 2.05) is 72.4 Å². The monoisotopic (exact) mass is 375 g/mol. The highest BCUT2D eigenvalue weighted by atomic mass is 16.5. The number of methoxy groups -OCH3 is 1. The van der Waals surface area contributed by atoms with Crippen molar-refractivity contribution in [2.45, 2.75) is 6.04 Å². The number of rotatable bonds is 5. The molecule has 1 aromatic heterocycles. The summed E-state index contributed by atoms with van der Waals surface area (Å²) in [5.41, 5.74) is 2.36. The van der Waals surface area contributed by atoms with Crippen molar-refractivity contribution in [3.8, 4) is 11.5 Å². The molecule has 2 heterocycles. The molecule has 0 fully saturated rings. The van der Waals surface area contributed by atoms with Gasteiger partial charge in [0.05, 0.1) is 12.7 Å². The van der Waals surface area contributed by atoms with E-state index in [1.165, 1.54) is 0 Å². The standard InChI is InChI=1S/C22H21N3O3/c1-25-11-10-23-21(25)20(16-7-5-8-18(13-16)27-2)24-22(26)17-12-15-6-3-4-9-19(15)28-14-17/h3-13,20H,14H2,1-2H3,(H,24,26). The highest BCUT2D eigenvalue weighted by molar-refractivity contribution is 5.99. The zero-order chi connectivity index (χ0) is 19.5. The fraction of sp³-hybridized carbons (Fsp3) is 0.182. The van der Waals surface area contributed by atoms with Crippen molar-refractivity contribution in [3.63, 3.8) is 0 Å². The number of hydrogen-bond acceptors (Lipinski definition) is 4. The third-order valence-corrected chi connectivity index (χ3v) is 4.74. The molecule has 0 bridgehead atoms. The largest absolute Gasteiger partial charge is 0.497 e. The summed E-state index contributed by atoms with van der Waals surface area (Å²) in [6.45, 7) is 0.230. The summed E-state index contributed by atoms with van der Waals surface area (Å²) in [4.78, 5) is 17.5. The fourth-order valence-corrected chi connectivity index (χ4v) is 3.24. The number of aromatic nitrogens is 2. The first-order valence-electron chi connectivity index (χ1n) is 9.00. The number of nitrogens with one attached hydrogen (secondary N) is 1. The minimum absolute atomic E-state index is 0.190. The van der Waals surface area contributed by atoms with E-state index in [9.17, 15) is 4.79 Å². The minimum atomic E-state index is -0.416. The third kappa shape index (κ3) is 3.49. The van der Waals surface area contributed by atoms with Crippen LogP contribution in [0.1, 0.15) is 23.0 Å². The number of ether oxygens (including phenoxy) is 2. The van der Waals surface area contributed by atoms with Crippen LogP contribution in [0.15, 0.2) is 66.5 Å². The predicted molar refractivity (Wildman–Crippen MR) is 106 cm³/mol. The quantitative estimate of drug-likeness (QED) is 0.744. The number of benzene rings is 2. The van der Waals surface area contributed by atoms with E-state index < -0.39 is 6.04 Å². The van der Waals surface area contributed by atoms with Gasteiger partial charge in [0, 0.05) is 25.0 Å². The number of fused-ring (bicyclic) bond motifs is 1. The van der Waals surface area contributed by atoms with Crippen LogP contribution in [0.25, 0.3) is 6.08 Å². The summed E-state index contributed by atoms with van der Waals surface area (Å²) < 4.78 is 13.0. The van der Waals surface area contributed by atoms with Crippen molar-refractivity contribution in [1.29, 1.82) is 0 Å². The zero-order valence-corrected chi connectivity index (χ0v) is 15.8. The van der Waals surface area contributed by atoms with Crippen LogP contribution in [0.2, 0.25) is 0 Å². The molecule has 1 unspecified atom stereocenters. The van der Waals surface area contributed by atoms with Crippen LogP contribution in [0.3, 0.4) is 0 Å². The number of carbonyl (C=O) groups is 1. The molecule has 0 spiro atoms. The van der Waals surface area contributed by atoms with Crippen LogP contribution < -0.4 is 14.8 Å². The summed E-state index contributed by atoms with van der Waals surface area (Å²) >= 11 is 0. The molecule has 4 rings (SSSR count). The first-order chi connectivity index (χ1) is 13.7. The fourth-order valence-electron chi connectivity index (χ4n) is 3.24. The number of nitrogens with zero attached hydrogens (tertiary/aromatic N) is 2. The van der Waals surface area contributed by atoms with E-state index in [4.69, 9.17) is 9.47 Å². The average molecular weight is 375 g/mol. The number of carbonyl (C=O) groups excluding carboxylic acids is 1. The second-order valence-corrected chi connectivity index (χ2v) is 6.58. The van der Waals surface area contributed by atoms with Crippen molar-refractivity contribution < 1.29 is 14.3 Å². The number of aryl methyl sites for hydroxylation is 1. The van der Waals surface area contributed by atoms with Gasteiger partial charge >= 0.3 is 0 Å². The van der Waals surface area contributed by atoms with Gasteiger partial charge in [-0.25, -0.2) is 4.98 Å². The number of amides is 1. The van der Waals surface area contributed by atoms with Crippen LogP contribution in [0.5, 0.6) is 11.5 Å². The van der Waals surface area contributed by atoms with Gasteiger partial charge in [0.1, 0.15) is 30.0 Å². The molecule has 28 heavy (non-hydrogen) atoms. The highest BCUT2D eigenvalue weighted by Crippen LogP contribution is 2.28. The molecule has 0 radical (unpaired) electrons. The van der Waals surface area contributed by atoms with Crippen LogP contribution >= 0.6 is 0 Å². The van der Waals surface area contributed by atoms with Crippen molar-refractivity contribution in [2.24, 2.45) is 7.05 Å². The maximum absolute atomic E-state index is 13.0. The van der Waals surface area contributed by atoms with Crippen molar-refractivity contribution in [1.82, 2.24) is 14.9 Å². The number of imidazole rings is 1. The van der Waals surface area contributed by atoms with Gasteiger partial charge in [0.15, 0.2) is 0 Å². The Kier molecular flexibility index (Phi) is 4.85. The van der Waals surface area contributed by atoms with E-state index in [0.29, 0.717) is 5.57 Å². The summed E-state index contributed by atoms with van der Waals surface area (Å²) in [6, 6.07) is 14.9. The topological polar surface area (TPSA) is 65.4 Å². The van der Waals surface area contributed by atoms with E-state index in [2.05, 4.69) is 10.3 Å². The molecule has 6 nitrogen and oxygen atoms in total. The lowest BCUT2D eigenvalue weighted by molar-refractivity contribution is -0.118. The maximum Gasteiger partial charge on any atom is 0.251 e. The van der Waals surface area contributed by atoms with Gasteiger partial charge in [-0.05, 0) is 29.8 Å². The minimum Gasteiger partial charge on any atom is -0.497 e. The summed E-state index contributed by atoms with van der Waals surface area (Å²) in [7, 11) is 3.52. The molecule has 3 aromatic rings. The van der Waals surface area contributed by atoms with E-state index in [0.717, 1.165) is 28.5 Å². The van der Waals surface area contributed by atoms with Gasteiger partial charge in [-0.2, -0.15) is 0 Å². The summed E-state index contributed by atoms with van der Waals surface area (Å²) in [5.74, 6) is 2.05. The first kappa shape index (κ1) is 17.9. The SMILES string of the molecule is COc1cccc(C(NC(=O)C2=Cc3ccccc3OC2)c2nccn2C)c1. The lowest BCUT2D eigenvalue weighted by Crippen LogP contribution is -2.34. The molecule has 142 valence electrons. The lowest BCUT2D eigenvalue weighted by atomic mass is 10.0. The molecule has 1 aliphatic heterocycles. The van der Waals surface area contributed by atoms with Crippen LogP contribution in [0, 0.1) is 0 Å². The smallest absolute Gasteiger partial charge is 0.251 e. The Morgan fingerprint density at radius 2 is 2.11 bits per heavy atom. The molecule has 1 N–H and O–H groups in total. The Morgan fingerprint density at radius 3 is 2.89 bits per heavy atom. The van der Waals surface area contributed by atoms with Gasteiger partial charge in [-0.3, -0.25) is 4.79 Å². The molecule has 2 aromatic carbocycles. The lowest BCUT2D eigenvalue weighted by Gasteiger charge is -2.22. The Morgan fingerprint density at radius 1 is 1.25 bits per heavy atom. The molecule has 0 aliphatic carbocycles. The van der Waals surface area contributed by atoms with E-state index in [1.54, 1.807) is 13.3 Å². The van der Waals surface area contributed by atoms with Gasteiger partial charge in [-0.15, -0.1) is 0 Å². The van der Waals surface area contributed by atoms with Gasteiger partial charge in [0.2, 0.25) is 0 Å². The Bertz CT molecular complexity index is 1040. The zero-order valence-electron chi connectivity index (χ0n) is 15.8. The van der Waals surface area contributed by atoms with Crippen LogP contribution in [-0.2, 0) is 11.8 Å². The highest BCUT2D eigenvalue weighted by Gasteiger charge is 2.24. The van der Waals surface area contributed by atoms with Crippen molar-refractivity contribution in [3.05, 3.63) is 83.4 Å². The molecular weight excluding hydrogens is 354 g/mol. The molecule has 6 heteroatoms. The molecule has 1 atom stereocenters. The molecule has 1 aliphatic rings. The van der Waals surface area contributed by atoms with Gasteiger partial charge in [-0.1, -0.05) is 30.3 Å². The molecule has 1 amide bonds. The van der Waals surface area contributed by atoms with Crippen molar-refractivity contribution in [2.75, 3.05) is 13.7 Å². The number of para-hydroxylation sites is 1. The molecular formula is C22H21N3O3. The van der Waals surface area contributed by atoms with E-state index >= 15 is 0 Å². The number of hydrogen-bond donors (Lipinski definition) is 1. The van der Waals surface area contributed by atoms with E-state index in [-0.39, 0.29) is 12.5 Å². The second-order valence-electron chi connectivity index (χ2n) is 6.58. The Labute approximate surface area is 163 Å². The van der Waals surface area contributed by atoms with Crippen molar-refractivity contribution >= 4 is 12.0 Å². The molecule has 0 saturated carbocycles. The van der Waals surface area contributed by atoms with Gasteiger partial charge in [0.25, 0.3) is 5.91 Å². The predicted octanol–water partition coefficient (Wildman–Crippen LogP) is 3.11. The summed E-state index contributed by atoms with van der Waals surface area (Å²) in [6.07, 6.45) is 5.44. The van der Waals surface area contributed by atoms with Crippen LogP contribution in [-0.4, -0.2) is 29.2 Å². The molecule has 0 saturated heterocycles. The average Bonchev–Trinajstić information content (AvgIpc) is 3.17.